The summed E-state index contributed by atoms with van der Waals surface area (Å²) in [5.74, 6) is 2.28. The predicted molar refractivity (Wildman–Crippen MR) is 80.8 cm³/mol. The lowest BCUT2D eigenvalue weighted by atomic mass is 9.52. The molecule has 5 aliphatic rings. The predicted octanol–water partition coefficient (Wildman–Crippen LogP) is 2.32. The number of hydrogen-bond acceptors (Lipinski definition) is 2. The van der Waals surface area contributed by atoms with Gasteiger partial charge in [-0.15, -0.1) is 0 Å². The third-order valence-electron chi connectivity index (χ3n) is 6.75. The average molecular weight is 292 g/mol. The SMILES string of the molecule is CC(C)C1CN(C2C3CC4CC2CC(O)(C4)C3)C(=O)N1C. The molecule has 0 spiro atoms. The van der Waals surface area contributed by atoms with Gasteiger partial charge in [0.15, 0.2) is 0 Å². The molecule has 2 amide bonds. The summed E-state index contributed by atoms with van der Waals surface area (Å²) in [6.45, 7) is 5.29. The van der Waals surface area contributed by atoms with Crippen molar-refractivity contribution < 1.29 is 9.90 Å². The van der Waals surface area contributed by atoms with Crippen molar-refractivity contribution in [1.29, 1.82) is 0 Å². The minimum absolute atomic E-state index is 0.221. The molecule has 0 aromatic carbocycles. The fourth-order valence-corrected chi connectivity index (χ4v) is 6.12. The molecule has 1 heterocycles. The van der Waals surface area contributed by atoms with Gasteiger partial charge in [-0.05, 0) is 55.8 Å². The van der Waals surface area contributed by atoms with Crippen molar-refractivity contribution in [1.82, 2.24) is 9.80 Å². The maximum Gasteiger partial charge on any atom is 0.320 e. The summed E-state index contributed by atoms with van der Waals surface area (Å²) < 4.78 is 0. The molecule has 0 aromatic rings. The van der Waals surface area contributed by atoms with Crippen molar-refractivity contribution in [3.8, 4) is 0 Å². The third-order valence-corrected chi connectivity index (χ3v) is 6.75. The number of rotatable bonds is 2. The normalized spacial score (nSPS) is 48.8. The number of nitrogens with zero attached hydrogens (tertiary/aromatic N) is 2. The van der Waals surface area contributed by atoms with Crippen LogP contribution in [0.2, 0.25) is 0 Å². The zero-order valence-electron chi connectivity index (χ0n) is 13.5. The first-order chi connectivity index (χ1) is 9.88. The summed E-state index contributed by atoms with van der Waals surface area (Å²) in [6.07, 6.45) is 5.30. The van der Waals surface area contributed by atoms with Crippen LogP contribution in [-0.4, -0.2) is 52.2 Å². The second-order valence-corrected chi connectivity index (χ2v) is 8.54. The van der Waals surface area contributed by atoms with Crippen molar-refractivity contribution in [2.75, 3.05) is 13.6 Å². The molecule has 3 atom stereocenters. The summed E-state index contributed by atoms with van der Waals surface area (Å²) in [7, 11) is 1.95. The van der Waals surface area contributed by atoms with Gasteiger partial charge in [-0.3, -0.25) is 0 Å². The summed E-state index contributed by atoms with van der Waals surface area (Å²) in [5, 5.41) is 10.7. The van der Waals surface area contributed by atoms with Gasteiger partial charge in [-0.1, -0.05) is 13.8 Å². The molecule has 1 saturated heterocycles. The van der Waals surface area contributed by atoms with Crippen LogP contribution in [0.3, 0.4) is 0 Å². The second-order valence-electron chi connectivity index (χ2n) is 8.54. The van der Waals surface area contributed by atoms with E-state index < -0.39 is 5.60 Å². The van der Waals surface area contributed by atoms with Crippen molar-refractivity contribution in [2.24, 2.45) is 23.7 Å². The van der Waals surface area contributed by atoms with Gasteiger partial charge < -0.3 is 14.9 Å². The van der Waals surface area contributed by atoms with Gasteiger partial charge in [0.2, 0.25) is 0 Å². The summed E-state index contributed by atoms with van der Waals surface area (Å²) in [5.41, 5.74) is -0.404. The van der Waals surface area contributed by atoms with E-state index in [1.165, 1.54) is 12.8 Å². The zero-order chi connectivity index (χ0) is 14.9. The zero-order valence-corrected chi connectivity index (χ0v) is 13.5. The van der Waals surface area contributed by atoms with Crippen LogP contribution < -0.4 is 0 Å². The van der Waals surface area contributed by atoms with Crippen LogP contribution in [0.4, 0.5) is 4.79 Å². The highest BCUT2D eigenvalue weighted by Gasteiger charge is 2.58. The first kappa shape index (κ1) is 13.9. The molecule has 1 aliphatic heterocycles. The molecule has 118 valence electrons. The van der Waals surface area contributed by atoms with E-state index in [2.05, 4.69) is 18.7 Å². The van der Waals surface area contributed by atoms with Crippen molar-refractivity contribution in [3.05, 3.63) is 0 Å². The van der Waals surface area contributed by atoms with Gasteiger partial charge >= 0.3 is 6.03 Å². The molecule has 4 nitrogen and oxygen atoms in total. The van der Waals surface area contributed by atoms with Crippen LogP contribution in [-0.2, 0) is 0 Å². The first-order valence-corrected chi connectivity index (χ1v) is 8.64. The minimum Gasteiger partial charge on any atom is -0.390 e. The van der Waals surface area contributed by atoms with Crippen LogP contribution >= 0.6 is 0 Å². The largest absolute Gasteiger partial charge is 0.390 e. The van der Waals surface area contributed by atoms with Crippen LogP contribution in [0.1, 0.15) is 46.0 Å². The van der Waals surface area contributed by atoms with Crippen molar-refractivity contribution in [3.63, 3.8) is 0 Å². The Labute approximate surface area is 127 Å². The van der Waals surface area contributed by atoms with Crippen LogP contribution in [0.5, 0.6) is 0 Å². The molecule has 4 bridgehead atoms. The Kier molecular flexibility index (Phi) is 2.89. The van der Waals surface area contributed by atoms with E-state index in [1.807, 2.05) is 11.9 Å². The van der Waals surface area contributed by atoms with E-state index >= 15 is 0 Å². The Morgan fingerprint density at radius 1 is 1.19 bits per heavy atom. The van der Waals surface area contributed by atoms with Crippen molar-refractivity contribution in [2.45, 2.75) is 63.6 Å². The lowest BCUT2D eigenvalue weighted by Gasteiger charge is -2.59. The highest BCUT2D eigenvalue weighted by Crippen LogP contribution is 2.57. The van der Waals surface area contributed by atoms with Gasteiger partial charge in [0.25, 0.3) is 0 Å². The number of aliphatic hydroxyl groups is 1. The minimum atomic E-state index is -0.404. The van der Waals surface area contributed by atoms with E-state index in [0.29, 0.717) is 35.8 Å². The molecule has 21 heavy (non-hydrogen) atoms. The third kappa shape index (κ3) is 1.94. The summed E-state index contributed by atoms with van der Waals surface area (Å²) >= 11 is 0. The highest BCUT2D eigenvalue weighted by atomic mass is 16.3. The standard InChI is InChI=1S/C17H28N2O2/c1-10(2)14-9-19(16(20)18(14)3)15-12-4-11-5-13(15)8-17(21,6-11)7-12/h10-15,21H,4-9H2,1-3H3. The number of amides is 2. The van der Waals surface area contributed by atoms with E-state index in [9.17, 15) is 9.90 Å². The lowest BCUT2D eigenvalue weighted by molar-refractivity contribution is -0.152. The Bertz CT molecular complexity index is 448. The van der Waals surface area contributed by atoms with Crippen LogP contribution in [0.25, 0.3) is 0 Å². The quantitative estimate of drug-likeness (QED) is 0.849. The van der Waals surface area contributed by atoms with E-state index in [1.54, 1.807) is 0 Å². The Morgan fingerprint density at radius 3 is 2.29 bits per heavy atom. The fourth-order valence-electron chi connectivity index (χ4n) is 6.12. The average Bonchev–Trinajstić information content (AvgIpc) is 2.65. The molecule has 4 heteroatoms. The Hall–Kier alpha value is -0.770. The molecule has 1 N–H and O–H groups in total. The van der Waals surface area contributed by atoms with E-state index in [-0.39, 0.29) is 6.03 Å². The number of likely N-dealkylation sites (N-methyl/N-ethyl adjacent to an activating group) is 1. The Morgan fingerprint density at radius 2 is 1.81 bits per heavy atom. The van der Waals surface area contributed by atoms with Gasteiger partial charge in [0, 0.05) is 19.6 Å². The van der Waals surface area contributed by atoms with E-state index in [4.69, 9.17) is 0 Å². The van der Waals surface area contributed by atoms with Gasteiger partial charge in [0.05, 0.1) is 11.6 Å². The summed E-state index contributed by atoms with van der Waals surface area (Å²) in [6, 6.07) is 0.955. The van der Waals surface area contributed by atoms with Crippen LogP contribution in [0, 0.1) is 23.7 Å². The molecule has 4 aliphatic carbocycles. The first-order valence-electron chi connectivity index (χ1n) is 8.64. The number of urea groups is 1. The van der Waals surface area contributed by atoms with Gasteiger partial charge in [0.1, 0.15) is 0 Å². The molecule has 5 rings (SSSR count). The van der Waals surface area contributed by atoms with Crippen molar-refractivity contribution >= 4 is 6.03 Å². The molecular weight excluding hydrogens is 264 g/mol. The van der Waals surface area contributed by atoms with E-state index in [0.717, 1.165) is 25.8 Å². The van der Waals surface area contributed by atoms with Gasteiger partial charge in [-0.25, -0.2) is 4.79 Å². The monoisotopic (exact) mass is 292 g/mol. The molecule has 0 radical (unpaired) electrons. The molecule has 5 fully saturated rings. The smallest absolute Gasteiger partial charge is 0.320 e. The maximum absolute atomic E-state index is 12.7. The maximum atomic E-state index is 12.7. The second kappa shape index (κ2) is 4.37. The van der Waals surface area contributed by atoms with Gasteiger partial charge in [-0.2, -0.15) is 0 Å². The number of hydrogen-bond donors (Lipinski definition) is 1. The molecule has 3 unspecified atom stereocenters. The number of carbonyl (C=O) groups excluding carboxylic acids is 1. The lowest BCUT2D eigenvalue weighted by Crippen LogP contribution is -2.62. The summed E-state index contributed by atoms with van der Waals surface area (Å²) in [4.78, 5) is 16.8. The molecule has 0 aromatic heterocycles. The molecule has 4 saturated carbocycles. The fraction of sp³-hybridized carbons (Fsp3) is 0.941. The topological polar surface area (TPSA) is 43.8 Å². The molecular formula is C17H28N2O2. The van der Waals surface area contributed by atoms with Crippen LogP contribution in [0.15, 0.2) is 0 Å². The Balaban J connectivity index is 1.59. The number of carbonyl (C=O) groups is 1. The highest BCUT2D eigenvalue weighted by molar-refractivity contribution is 5.77.